The van der Waals surface area contributed by atoms with E-state index in [1.54, 1.807) is 26.0 Å². The Morgan fingerprint density at radius 3 is 2.65 bits per heavy atom. The lowest BCUT2D eigenvalue weighted by Crippen LogP contribution is -2.14. The molecule has 0 aliphatic carbocycles. The zero-order valence-corrected chi connectivity index (χ0v) is 11.4. The highest BCUT2D eigenvalue weighted by molar-refractivity contribution is 7.98. The Balaban J connectivity index is 2.44. The van der Waals surface area contributed by atoms with Crippen LogP contribution in [0.3, 0.4) is 0 Å². The Bertz CT molecular complexity index is 389. The van der Waals surface area contributed by atoms with Crippen molar-refractivity contribution in [2.45, 2.75) is 23.8 Å². The van der Waals surface area contributed by atoms with Gasteiger partial charge in [0.25, 0.3) is 0 Å². The normalized spacial score (nSPS) is 19.4. The summed E-state index contributed by atoms with van der Waals surface area (Å²) in [5.41, 5.74) is 1.25. The van der Waals surface area contributed by atoms with E-state index in [2.05, 4.69) is 11.4 Å². The standard InChI is InChI=1S/C13H19NO2S/c1-15-11-7-6-9(10-5-4-8-14-10)12(16-2)13(11)17-3/h6-7,10,14H,4-5,8H2,1-3H3. The molecule has 1 fully saturated rings. The van der Waals surface area contributed by atoms with E-state index in [1.165, 1.54) is 18.4 Å². The van der Waals surface area contributed by atoms with Gasteiger partial charge in [-0.15, -0.1) is 11.8 Å². The van der Waals surface area contributed by atoms with E-state index in [4.69, 9.17) is 9.47 Å². The molecule has 1 unspecified atom stereocenters. The van der Waals surface area contributed by atoms with Crippen molar-refractivity contribution in [3.63, 3.8) is 0 Å². The SMILES string of the molecule is COc1ccc(C2CCCN2)c(OC)c1SC. The average molecular weight is 253 g/mol. The summed E-state index contributed by atoms with van der Waals surface area (Å²) in [4.78, 5) is 1.08. The minimum atomic E-state index is 0.418. The molecule has 4 heteroatoms. The fourth-order valence-electron chi connectivity index (χ4n) is 2.35. The van der Waals surface area contributed by atoms with Crippen molar-refractivity contribution in [3.05, 3.63) is 17.7 Å². The second kappa shape index (κ2) is 5.65. The summed E-state index contributed by atoms with van der Waals surface area (Å²) in [5.74, 6) is 1.84. The largest absolute Gasteiger partial charge is 0.495 e. The molecule has 0 saturated carbocycles. The minimum absolute atomic E-state index is 0.418. The third-order valence-corrected chi connectivity index (χ3v) is 3.97. The van der Waals surface area contributed by atoms with Crippen LogP contribution < -0.4 is 14.8 Å². The lowest BCUT2D eigenvalue weighted by molar-refractivity contribution is 0.369. The van der Waals surface area contributed by atoms with Crippen LogP contribution in [0.25, 0.3) is 0 Å². The number of thioether (sulfide) groups is 1. The van der Waals surface area contributed by atoms with Gasteiger partial charge in [-0.1, -0.05) is 0 Å². The Morgan fingerprint density at radius 1 is 1.29 bits per heavy atom. The number of hydrogen-bond donors (Lipinski definition) is 1. The molecule has 1 aromatic carbocycles. The molecule has 1 saturated heterocycles. The van der Waals surface area contributed by atoms with Crippen LogP contribution in [0.15, 0.2) is 17.0 Å². The summed E-state index contributed by atoms with van der Waals surface area (Å²) >= 11 is 1.67. The molecular formula is C13H19NO2S. The van der Waals surface area contributed by atoms with Gasteiger partial charge in [-0.2, -0.15) is 0 Å². The second-order valence-corrected chi connectivity index (χ2v) is 4.89. The molecule has 94 valence electrons. The molecule has 0 radical (unpaired) electrons. The molecule has 0 bridgehead atoms. The molecule has 3 nitrogen and oxygen atoms in total. The van der Waals surface area contributed by atoms with Gasteiger partial charge in [0.2, 0.25) is 0 Å². The summed E-state index contributed by atoms with van der Waals surface area (Å²) < 4.78 is 11.0. The molecule has 1 N–H and O–H groups in total. The molecule has 1 aliphatic heterocycles. The van der Waals surface area contributed by atoms with Crippen LogP contribution in [0.1, 0.15) is 24.4 Å². The summed E-state index contributed by atoms with van der Waals surface area (Å²) in [5, 5.41) is 3.51. The van der Waals surface area contributed by atoms with E-state index in [0.717, 1.165) is 22.9 Å². The molecular weight excluding hydrogens is 234 g/mol. The molecule has 1 heterocycles. The van der Waals surface area contributed by atoms with Gasteiger partial charge < -0.3 is 14.8 Å². The summed E-state index contributed by atoms with van der Waals surface area (Å²) in [6.45, 7) is 1.09. The molecule has 17 heavy (non-hydrogen) atoms. The smallest absolute Gasteiger partial charge is 0.140 e. The number of benzene rings is 1. The van der Waals surface area contributed by atoms with Gasteiger partial charge in [-0.3, -0.25) is 0 Å². The fraction of sp³-hybridized carbons (Fsp3) is 0.538. The highest BCUT2D eigenvalue weighted by atomic mass is 32.2. The third-order valence-electron chi connectivity index (χ3n) is 3.17. The van der Waals surface area contributed by atoms with Crippen LogP contribution in [-0.4, -0.2) is 27.0 Å². The van der Waals surface area contributed by atoms with Gasteiger partial charge in [0.05, 0.1) is 19.1 Å². The van der Waals surface area contributed by atoms with E-state index in [9.17, 15) is 0 Å². The van der Waals surface area contributed by atoms with Gasteiger partial charge in [0, 0.05) is 11.6 Å². The summed E-state index contributed by atoms with van der Waals surface area (Å²) in [6.07, 6.45) is 4.46. The van der Waals surface area contributed by atoms with Crippen LogP contribution in [0.2, 0.25) is 0 Å². The van der Waals surface area contributed by atoms with E-state index in [1.807, 2.05) is 12.3 Å². The van der Waals surface area contributed by atoms with E-state index >= 15 is 0 Å². The molecule has 0 amide bonds. The zero-order chi connectivity index (χ0) is 12.3. The first-order chi connectivity index (χ1) is 8.31. The second-order valence-electron chi connectivity index (χ2n) is 4.07. The third kappa shape index (κ3) is 2.38. The summed E-state index contributed by atoms with van der Waals surface area (Å²) in [7, 11) is 3.43. The maximum Gasteiger partial charge on any atom is 0.140 e. The Hall–Kier alpha value is -0.870. The van der Waals surface area contributed by atoms with Gasteiger partial charge in [-0.05, 0) is 37.8 Å². The van der Waals surface area contributed by atoms with Crippen molar-refractivity contribution >= 4 is 11.8 Å². The maximum atomic E-state index is 5.58. The monoisotopic (exact) mass is 253 g/mol. The lowest BCUT2D eigenvalue weighted by Gasteiger charge is -2.19. The van der Waals surface area contributed by atoms with E-state index in [0.29, 0.717) is 6.04 Å². The van der Waals surface area contributed by atoms with Crippen LogP contribution in [0, 0.1) is 0 Å². The Labute approximate surface area is 107 Å². The first-order valence-corrected chi connectivity index (χ1v) is 7.06. The van der Waals surface area contributed by atoms with Crippen molar-refractivity contribution in [1.82, 2.24) is 5.32 Å². The summed E-state index contributed by atoms with van der Waals surface area (Å²) in [6, 6.07) is 4.56. The number of rotatable bonds is 4. The van der Waals surface area contributed by atoms with Crippen molar-refractivity contribution < 1.29 is 9.47 Å². The molecule has 1 atom stereocenters. The predicted molar refractivity (Wildman–Crippen MR) is 71.3 cm³/mol. The molecule has 0 aromatic heterocycles. The van der Waals surface area contributed by atoms with Gasteiger partial charge >= 0.3 is 0 Å². The highest BCUT2D eigenvalue weighted by Crippen LogP contribution is 2.42. The predicted octanol–water partition coefficient (Wildman–Crippen LogP) is 2.85. The Morgan fingerprint density at radius 2 is 2.12 bits per heavy atom. The molecule has 2 rings (SSSR count). The number of hydrogen-bond acceptors (Lipinski definition) is 4. The number of ether oxygens (including phenoxy) is 2. The maximum absolute atomic E-state index is 5.58. The molecule has 1 aliphatic rings. The van der Waals surface area contributed by atoms with Crippen molar-refractivity contribution in [2.75, 3.05) is 27.0 Å². The van der Waals surface area contributed by atoms with Gasteiger partial charge in [0.15, 0.2) is 0 Å². The van der Waals surface area contributed by atoms with Gasteiger partial charge in [0.1, 0.15) is 11.5 Å². The van der Waals surface area contributed by atoms with Crippen LogP contribution in [0.4, 0.5) is 0 Å². The van der Waals surface area contributed by atoms with Crippen molar-refractivity contribution in [2.24, 2.45) is 0 Å². The lowest BCUT2D eigenvalue weighted by atomic mass is 10.0. The minimum Gasteiger partial charge on any atom is -0.495 e. The first-order valence-electron chi connectivity index (χ1n) is 5.84. The average Bonchev–Trinajstić information content (AvgIpc) is 2.90. The van der Waals surface area contributed by atoms with Crippen LogP contribution in [-0.2, 0) is 0 Å². The van der Waals surface area contributed by atoms with Crippen LogP contribution in [0.5, 0.6) is 11.5 Å². The topological polar surface area (TPSA) is 30.5 Å². The first kappa shape index (κ1) is 12.6. The van der Waals surface area contributed by atoms with E-state index in [-0.39, 0.29) is 0 Å². The number of methoxy groups -OCH3 is 2. The quantitative estimate of drug-likeness (QED) is 0.836. The number of nitrogens with one attached hydrogen (secondary N) is 1. The van der Waals surface area contributed by atoms with Crippen molar-refractivity contribution in [1.29, 1.82) is 0 Å². The molecule has 1 aromatic rings. The van der Waals surface area contributed by atoms with Crippen LogP contribution >= 0.6 is 11.8 Å². The molecule has 0 spiro atoms. The van der Waals surface area contributed by atoms with Gasteiger partial charge in [-0.25, -0.2) is 0 Å². The van der Waals surface area contributed by atoms with E-state index < -0.39 is 0 Å². The zero-order valence-electron chi connectivity index (χ0n) is 10.6. The Kier molecular flexibility index (Phi) is 4.18. The highest BCUT2D eigenvalue weighted by Gasteiger charge is 2.23. The fourth-order valence-corrected chi connectivity index (χ4v) is 3.09. The van der Waals surface area contributed by atoms with Crippen molar-refractivity contribution in [3.8, 4) is 11.5 Å².